The number of nitrogens with zero attached hydrogens (tertiary/aromatic N) is 2. The van der Waals surface area contributed by atoms with E-state index in [-0.39, 0.29) is 22.6 Å². The number of hydrogen-bond donors (Lipinski definition) is 2. The number of carbonyl (C=O) groups excluding carboxylic acids is 1. The Morgan fingerprint density at radius 2 is 2.32 bits per heavy atom. The monoisotopic (exact) mass is 277 g/mol. The molecule has 5 nitrogen and oxygen atoms in total. The third-order valence-corrected chi connectivity index (χ3v) is 3.67. The minimum atomic E-state index is -0.0875. The van der Waals surface area contributed by atoms with Gasteiger partial charge in [-0.3, -0.25) is 9.48 Å². The van der Waals surface area contributed by atoms with Crippen LogP contribution in [-0.4, -0.2) is 20.8 Å². The fourth-order valence-electron chi connectivity index (χ4n) is 2.38. The second-order valence-electron chi connectivity index (χ2n) is 4.59. The van der Waals surface area contributed by atoms with Crippen LogP contribution in [-0.2, 0) is 11.8 Å². The van der Waals surface area contributed by atoms with Gasteiger partial charge in [0.15, 0.2) is 0 Å². The van der Waals surface area contributed by atoms with Crippen LogP contribution < -0.4 is 5.32 Å². The van der Waals surface area contributed by atoms with Crippen molar-refractivity contribution < 1.29 is 9.90 Å². The lowest BCUT2D eigenvalue weighted by atomic mass is 9.87. The Morgan fingerprint density at radius 1 is 1.53 bits per heavy atom. The molecule has 3 rings (SSSR count). The lowest BCUT2D eigenvalue weighted by Crippen LogP contribution is -2.24. The molecule has 2 heterocycles. The van der Waals surface area contributed by atoms with Crippen LogP contribution in [0.5, 0.6) is 5.75 Å². The SMILES string of the molecule is Cn1ncc2c1NC(=O)C[C@@H]2c1ccc(O)c(Cl)c1. The molecule has 0 saturated carbocycles. The van der Waals surface area contributed by atoms with E-state index in [0.29, 0.717) is 12.2 Å². The molecule has 1 amide bonds. The molecule has 0 bridgehead atoms. The number of anilines is 1. The standard InChI is InChI=1S/C13H12ClN3O2/c1-17-13-9(6-15-17)8(5-12(19)16-13)7-2-3-11(18)10(14)4-7/h2-4,6,8,18H,5H2,1H3,(H,16,19)/t8-/m1/s1. The molecule has 0 aliphatic carbocycles. The van der Waals surface area contributed by atoms with Gasteiger partial charge in [0, 0.05) is 24.9 Å². The number of aromatic nitrogens is 2. The highest BCUT2D eigenvalue weighted by Crippen LogP contribution is 2.38. The molecule has 19 heavy (non-hydrogen) atoms. The highest BCUT2D eigenvalue weighted by Gasteiger charge is 2.29. The van der Waals surface area contributed by atoms with Crippen molar-refractivity contribution in [3.8, 4) is 5.75 Å². The number of fused-ring (bicyclic) bond motifs is 1. The van der Waals surface area contributed by atoms with Gasteiger partial charge in [0.2, 0.25) is 5.91 Å². The Morgan fingerprint density at radius 3 is 3.05 bits per heavy atom. The van der Waals surface area contributed by atoms with Crippen LogP contribution in [0.4, 0.5) is 5.82 Å². The molecular weight excluding hydrogens is 266 g/mol. The first-order valence-corrected chi connectivity index (χ1v) is 6.24. The predicted octanol–water partition coefficient (Wildman–Crippen LogP) is 2.25. The first-order chi connectivity index (χ1) is 9.06. The number of aryl methyl sites for hydroxylation is 1. The number of phenols is 1. The smallest absolute Gasteiger partial charge is 0.226 e. The van der Waals surface area contributed by atoms with E-state index >= 15 is 0 Å². The fraction of sp³-hybridized carbons (Fsp3) is 0.231. The van der Waals surface area contributed by atoms with Crippen LogP contribution in [0.2, 0.25) is 5.02 Å². The van der Waals surface area contributed by atoms with Crippen molar-refractivity contribution >= 4 is 23.3 Å². The van der Waals surface area contributed by atoms with Gasteiger partial charge in [-0.05, 0) is 17.7 Å². The van der Waals surface area contributed by atoms with Crippen molar-refractivity contribution in [1.82, 2.24) is 9.78 Å². The Kier molecular flexibility index (Phi) is 2.71. The van der Waals surface area contributed by atoms with Gasteiger partial charge in [-0.2, -0.15) is 5.10 Å². The number of hydrogen-bond acceptors (Lipinski definition) is 3. The molecule has 0 saturated heterocycles. The molecule has 1 aliphatic rings. The molecule has 0 radical (unpaired) electrons. The van der Waals surface area contributed by atoms with Crippen LogP contribution in [0.25, 0.3) is 0 Å². The van der Waals surface area contributed by atoms with Crippen molar-refractivity contribution in [2.24, 2.45) is 7.05 Å². The summed E-state index contributed by atoms with van der Waals surface area (Å²) in [5, 5.41) is 16.7. The van der Waals surface area contributed by atoms with E-state index in [2.05, 4.69) is 10.4 Å². The highest BCUT2D eigenvalue weighted by molar-refractivity contribution is 6.32. The van der Waals surface area contributed by atoms with E-state index in [1.807, 2.05) is 0 Å². The fourth-order valence-corrected chi connectivity index (χ4v) is 2.57. The number of rotatable bonds is 1. The molecule has 6 heteroatoms. The molecule has 1 aromatic carbocycles. The van der Waals surface area contributed by atoms with Crippen LogP contribution in [0, 0.1) is 0 Å². The highest BCUT2D eigenvalue weighted by atomic mass is 35.5. The van der Waals surface area contributed by atoms with Crippen molar-refractivity contribution in [2.45, 2.75) is 12.3 Å². The van der Waals surface area contributed by atoms with E-state index in [1.54, 1.807) is 36.1 Å². The summed E-state index contributed by atoms with van der Waals surface area (Å²) in [6.07, 6.45) is 2.10. The maximum Gasteiger partial charge on any atom is 0.226 e. The average molecular weight is 278 g/mol. The van der Waals surface area contributed by atoms with E-state index in [9.17, 15) is 9.90 Å². The minimum absolute atomic E-state index is 0.0390. The van der Waals surface area contributed by atoms with Gasteiger partial charge in [-0.15, -0.1) is 0 Å². The molecule has 0 spiro atoms. The third-order valence-electron chi connectivity index (χ3n) is 3.36. The molecule has 1 aliphatic heterocycles. The minimum Gasteiger partial charge on any atom is -0.506 e. The zero-order valence-electron chi connectivity index (χ0n) is 10.2. The molecule has 1 atom stereocenters. The summed E-state index contributed by atoms with van der Waals surface area (Å²) in [6, 6.07) is 5.01. The van der Waals surface area contributed by atoms with Crippen LogP contribution in [0.3, 0.4) is 0 Å². The summed E-state index contributed by atoms with van der Waals surface area (Å²) in [6.45, 7) is 0. The number of halogens is 1. The van der Waals surface area contributed by atoms with E-state index in [1.165, 1.54) is 0 Å². The second-order valence-corrected chi connectivity index (χ2v) is 5.00. The molecule has 0 fully saturated rings. The zero-order chi connectivity index (χ0) is 13.6. The van der Waals surface area contributed by atoms with Gasteiger partial charge in [0.05, 0.1) is 11.2 Å². The summed E-state index contributed by atoms with van der Waals surface area (Å²) in [5.41, 5.74) is 1.86. The topological polar surface area (TPSA) is 67.2 Å². The Labute approximate surface area is 114 Å². The zero-order valence-corrected chi connectivity index (χ0v) is 11.0. The molecule has 2 N–H and O–H groups in total. The summed E-state index contributed by atoms with van der Waals surface area (Å²) in [4.78, 5) is 11.8. The molecule has 98 valence electrons. The van der Waals surface area contributed by atoms with Crippen LogP contribution in [0.1, 0.15) is 23.5 Å². The summed E-state index contributed by atoms with van der Waals surface area (Å²) in [7, 11) is 1.78. The summed E-state index contributed by atoms with van der Waals surface area (Å²) in [5.74, 6) is 0.614. The van der Waals surface area contributed by atoms with E-state index in [4.69, 9.17) is 11.6 Å². The average Bonchev–Trinajstić information content (AvgIpc) is 2.74. The predicted molar refractivity (Wildman–Crippen MR) is 71.4 cm³/mol. The van der Waals surface area contributed by atoms with Crippen molar-refractivity contribution in [3.63, 3.8) is 0 Å². The second kappa shape index (κ2) is 4.28. The first-order valence-electron chi connectivity index (χ1n) is 5.86. The van der Waals surface area contributed by atoms with Gasteiger partial charge in [-0.25, -0.2) is 0 Å². The summed E-state index contributed by atoms with van der Waals surface area (Å²) >= 11 is 5.93. The Balaban J connectivity index is 2.09. The van der Waals surface area contributed by atoms with Gasteiger partial charge in [0.25, 0.3) is 0 Å². The van der Waals surface area contributed by atoms with Gasteiger partial charge in [0.1, 0.15) is 11.6 Å². The number of carbonyl (C=O) groups is 1. The van der Waals surface area contributed by atoms with Crippen LogP contribution in [0.15, 0.2) is 24.4 Å². The lowest BCUT2D eigenvalue weighted by Gasteiger charge is -2.23. The van der Waals surface area contributed by atoms with Crippen molar-refractivity contribution in [2.75, 3.05) is 5.32 Å². The Hall–Kier alpha value is -2.01. The first kappa shape index (κ1) is 12.0. The Bertz CT molecular complexity index is 666. The molecule has 1 aromatic heterocycles. The summed E-state index contributed by atoms with van der Waals surface area (Å²) < 4.78 is 1.64. The number of aromatic hydroxyl groups is 1. The van der Waals surface area contributed by atoms with Crippen molar-refractivity contribution in [3.05, 3.63) is 40.5 Å². The van der Waals surface area contributed by atoms with E-state index < -0.39 is 0 Å². The van der Waals surface area contributed by atoms with Crippen molar-refractivity contribution in [1.29, 1.82) is 0 Å². The van der Waals surface area contributed by atoms with Gasteiger partial charge < -0.3 is 10.4 Å². The van der Waals surface area contributed by atoms with Crippen LogP contribution >= 0.6 is 11.6 Å². The number of phenolic OH excluding ortho intramolecular Hbond substituents is 1. The maximum absolute atomic E-state index is 11.8. The number of benzene rings is 1. The van der Waals surface area contributed by atoms with Gasteiger partial charge in [-0.1, -0.05) is 17.7 Å². The molecule has 0 unspecified atom stereocenters. The third kappa shape index (κ3) is 1.96. The maximum atomic E-state index is 11.8. The largest absolute Gasteiger partial charge is 0.506 e. The normalized spacial score (nSPS) is 18.0. The molecule has 2 aromatic rings. The number of nitrogens with one attached hydrogen (secondary N) is 1. The quantitative estimate of drug-likeness (QED) is 0.840. The lowest BCUT2D eigenvalue weighted by molar-refractivity contribution is -0.116. The van der Waals surface area contributed by atoms with E-state index in [0.717, 1.165) is 11.1 Å². The number of amides is 1. The van der Waals surface area contributed by atoms with Gasteiger partial charge >= 0.3 is 0 Å². The molecular formula is C13H12ClN3O2.